The molecule has 1 aromatic carbocycles. The van der Waals surface area contributed by atoms with Crippen LogP contribution in [0.5, 0.6) is 0 Å². The molecule has 1 aliphatic rings. The smallest absolute Gasteiger partial charge is 0.399 e. The lowest BCUT2D eigenvalue weighted by atomic mass is 9.79. The Morgan fingerprint density at radius 2 is 1.67 bits per heavy atom. The Hall–Kier alpha value is -0.785. The van der Waals surface area contributed by atoms with Gasteiger partial charge in [0, 0.05) is 16.7 Å². The van der Waals surface area contributed by atoms with Gasteiger partial charge in [0.05, 0.1) is 22.0 Å². The van der Waals surface area contributed by atoms with Crippen molar-refractivity contribution < 1.29 is 22.3 Å². The molecule has 1 unspecified atom stereocenters. The second-order valence-electron chi connectivity index (χ2n) is 6.14. The van der Waals surface area contributed by atoms with E-state index in [9.17, 15) is 13.0 Å². The Morgan fingerprint density at radius 3 is 2.10 bits per heavy atom. The molecule has 0 aliphatic carbocycles. The predicted octanol–water partition coefficient (Wildman–Crippen LogP) is 2.66. The maximum absolute atomic E-state index is 12.9. The highest BCUT2D eigenvalue weighted by atomic mass is 32.2. The minimum Gasteiger partial charge on any atom is -0.399 e. The number of hydrogen-bond donors (Lipinski definition) is 0. The number of alkyl halides is 2. The summed E-state index contributed by atoms with van der Waals surface area (Å²) < 4.78 is 49.3. The SMILES string of the molecule is CS(=O)c1cc(B2OC(C)(C)C(C)(C)O2)ccc1C(F)F. The minimum absolute atomic E-state index is 0.122. The van der Waals surface area contributed by atoms with Crippen molar-refractivity contribution in [2.45, 2.75) is 50.2 Å². The molecule has 1 saturated heterocycles. The predicted molar refractivity (Wildman–Crippen MR) is 79.4 cm³/mol. The van der Waals surface area contributed by atoms with Crippen LogP contribution >= 0.6 is 0 Å². The van der Waals surface area contributed by atoms with Crippen molar-refractivity contribution in [2.24, 2.45) is 0 Å². The van der Waals surface area contributed by atoms with Gasteiger partial charge in [0.2, 0.25) is 0 Å². The first-order valence-corrected chi connectivity index (χ1v) is 8.22. The van der Waals surface area contributed by atoms with Crippen LogP contribution in [0.2, 0.25) is 0 Å². The van der Waals surface area contributed by atoms with E-state index in [1.54, 1.807) is 6.07 Å². The molecule has 1 aliphatic heterocycles. The summed E-state index contributed by atoms with van der Waals surface area (Å²) in [5.41, 5.74) is -0.630. The molecule has 1 aromatic rings. The normalized spacial score (nSPS) is 21.8. The molecule has 3 nitrogen and oxygen atoms in total. The van der Waals surface area contributed by atoms with Crippen LogP contribution in [0.4, 0.5) is 8.78 Å². The third-order valence-corrected chi connectivity index (χ3v) is 5.08. The molecule has 0 aromatic heterocycles. The molecule has 0 spiro atoms. The second-order valence-corrected chi connectivity index (χ2v) is 7.49. The van der Waals surface area contributed by atoms with Gasteiger partial charge in [0.15, 0.2) is 0 Å². The zero-order chi connectivity index (χ0) is 16.0. The molecule has 0 radical (unpaired) electrons. The second kappa shape index (κ2) is 5.45. The number of benzene rings is 1. The molecule has 0 saturated carbocycles. The van der Waals surface area contributed by atoms with Crippen LogP contribution in [0.25, 0.3) is 0 Å². The summed E-state index contributed by atoms with van der Waals surface area (Å²) >= 11 is 0. The molecular formula is C14H19BF2O3S. The Morgan fingerprint density at radius 1 is 1.14 bits per heavy atom. The van der Waals surface area contributed by atoms with E-state index in [0.29, 0.717) is 5.46 Å². The summed E-state index contributed by atoms with van der Waals surface area (Å²) in [5.74, 6) is 0. The molecule has 0 amide bonds. The zero-order valence-electron chi connectivity index (χ0n) is 12.8. The van der Waals surface area contributed by atoms with E-state index in [4.69, 9.17) is 9.31 Å². The van der Waals surface area contributed by atoms with Gasteiger partial charge >= 0.3 is 7.12 Å². The van der Waals surface area contributed by atoms with Crippen LogP contribution in [-0.2, 0) is 20.1 Å². The molecular weight excluding hydrogens is 297 g/mol. The lowest BCUT2D eigenvalue weighted by molar-refractivity contribution is 0.00578. The van der Waals surface area contributed by atoms with Crippen molar-refractivity contribution >= 4 is 23.4 Å². The first-order chi connectivity index (χ1) is 9.55. The van der Waals surface area contributed by atoms with Gasteiger partial charge in [-0.15, -0.1) is 0 Å². The van der Waals surface area contributed by atoms with Crippen LogP contribution in [0.15, 0.2) is 23.1 Å². The van der Waals surface area contributed by atoms with Crippen molar-refractivity contribution in [3.05, 3.63) is 23.8 Å². The molecule has 21 heavy (non-hydrogen) atoms. The van der Waals surface area contributed by atoms with Crippen LogP contribution in [0, 0.1) is 0 Å². The molecule has 1 atom stereocenters. The number of halogens is 2. The highest BCUT2D eigenvalue weighted by Crippen LogP contribution is 2.36. The highest BCUT2D eigenvalue weighted by molar-refractivity contribution is 7.84. The van der Waals surface area contributed by atoms with Crippen LogP contribution in [0.1, 0.15) is 39.7 Å². The van der Waals surface area contributed by atoms with Crippen LogP contribution in [0.3, 0.4) is 0 Å². The average Bonchev–Trinajstić information content (AvgIpc) is 2.57. The molecule has 0 bridgehead atoms. The summed E-state index contributed by atoms with van der Waals surface area (Å²) in [6.07, 6.45) is -1.27. The monoisotopic (exact) mass is 316 g/mol. The van der Waals surface area contributed by atoms with Crippen LogP contribution < -0.4 is 5.46 Å². The van der Waals surface area contributed by atoms with E-state index < -0.39 is 35.5 Å². The fraction of sp³-hybridized carbons (Fsp3) is 0.571. The van der Waals surface area contributed by atoms with Gasteiger partial charge in [-0.1, -0.05) is 12.1 Å². The van der Waals surface area contributed by atoms with Gasteiger partial charge < -0.3 is 9.31 Å². The molecule has 1 heterocycles. The summed E-state index contributed by atoms with van der Waals surface area (Å²) in [6.45, 7) is 7.66. The third kappa shape index (κ3) is 3.05. The molecule has 0 N–H and O–H groups in total. The Bertz CT molecular complexity index is 559. The van der Waals surface area contributed by atoms with E-state index in [1.807, 2.05) is 27.7 Å². The molecule has 2 rings (SSSR count). The van der Waals surface area contributed by atoms with E-state index in [-0.39, 0.29) is 10.5 Å². The van der Waals surface area contributed by atoms with Gasteiger partial charge in [0.1, 0.15) is 0 Å². The van der Waals surface area contributed by atoms with Gasteiger partial charge in [-0.05, 0) is 39.2 Å². The van der Waals surface area contributed by atoms with E-state index >= 15 is 0 Å². The summed E-state index contributed by atoms with van der Waals surface area (Å²) in [6, 6.07) is 4.32. The Balaban J connectivity index is 2.39. The quantitative estimate of drug-likeness (QED) is 0.804. The van der Waals surface area contributed by atoms with Crippen LogP contribution in [-0.4, -0.2) is 28.8 Å². The first kappa shape index (κ1) is 16.6. The highest BCUT2D eigenvalue weighted by Gasteiger charge is 2.51. The molecule has 116 valence electrons. The number of hydrogen-bond acceptors (Lipinski definition) is 3. The minimum atomic E-state index is -2.66. The lowest BCUT2D eigenvalue weighted by Crippen LogP contribution is -2.41. The van der Waals surface area contributed by atoms with E-state index in [2.05, 4.69) is 0 Å². The first-order valence-electron chi connectivity index (χ1n) is 6.66. The van der Waals surface area contributed by atoms with E-state index in [0.717, 1.165) is 0 Å². The Labute approximate surface area is 126 Å². The van der Waals surface area contributed by atoms with Crippen molar-refractivity contribution in [2.75, 3.05) is 6.26 Å². The summed E-state index contributed by atoms with van der Waals surface area (Å²) in [4.78, 5) is 0.122. The summed E-state index contributed by atoms with van der Waals surface area (Å²) in [7, 11) is -2.15. The van der Waals surface area contributed by atoms with Gasteiger partial charge in [-0.2, -0.15) is 0 Å². The maximum atomic E-state index is 12.9. The van der Waals surface area contributed by atoms with Crippen molar-refractivity contribution in [3.63, 3.8) is 0 Å². The van der Waals surface area contributed by atoms with E-state index in [1.165, 1.54) is 18.4 Å². The Kier molecular flexibility index (Phi) is 4.30. The fourth-order valence-electron chi connectivity index (χ4n) is 2.11. The standard InChI is InChI=1S/C14H19BF2O3S/c1-13(2)14(3,4)20-15(19-13)9-6-7-10(12(16)17)11(8-9)21(5)18/h6-8,12H,1-5H3. The molecule has 7 heteroatoms. The van der Waals surface area contributed by atoms with Gasteiger partial charge in [-0.3, -0.25) is 4.21 Å². The zero-order valence-corrected chi connectivity index (χ0v) is 13.6. The maximum Gasteiger partial charge on any atom is 0.494 e. The van der Waals surface area contributed by atoms with Gasteiger partial charge in [-0.25, -0.2) is 8.78 Å². The largest absolute Gasteiger partial charge is 0.494 e. The van der Waals surface area contributed by atoms with Crippen molar-refractivity contribution in [1.29, 1.82) is 0 Å². The van der Waals surface area contributed by atoms with Gasteiger partial charge in [0.25, 0.3) is 6.43 Å². The topological polar surface area (TPSA) is 35.5 Å². The van der Waals surface area contributed by atoms with Crippen molar-refractivity contribution in [1.82, 2.24) is 0 Å². The third-order valence-electron chi connectivity index (χ3n) is 4.11. The van der Waals surface area contributed by atoms with Crippen molar-refractivity contribution in [3.8, 4) is 0 Å². The average molecular weight is 316 g/mol. The molecule has 1 fully saturated rings. The lowest BCUT2D eigenvalue weighted by Gasteiger charge is -2.32. The number of rotatable bonds is 3. The fourth-order valence-corrected chi connectivity index (χ4v) is 2.90. The summed E-state index contributed by atoms with van der Waals surface area (Å²) in [5, 5.41) is 0.